The molecule has 5 heteroatoms. The number of halogens is 3. The van der Waals surface area contributed by atoms with Crippen LogP contribution >= 0.6 is 15.9 Å². The van der Waals surface area contributed by atoms with Gasteiger partial charge in [-0.1, -0.05) is 15.9 Å². The maximum atomic E-state index is 12.0. The summed E-state index contributed by atoms with van der Waals surface area (Å²) in [6.07, 6.45) is 2.60. The van der Waals surface area contributed by atoms with E-state index >= 15 is 0 Å². The summed E-state index contributed by atoms with van der Waals surface area (Å²) in [4.78, 5) is 0. The van der Waals surface area contributed by atoms with E-state index in [1.165, 1.54) is 18.2 Å². The van der Waals surface area contributed by atoms with Gasteiger partial charge in [-0.15, -0.1) is 0 Å². The summed E-state index contributed by atoms with van der Waals surface area (Å²) in [5, 5.41) is 8.33. The van der Waals surface area contributed by atoms with Crippen LogP contribution in [-0.2, 0) is 0 Å². The van der Waals surface area contributed by atoms with Gasteiger partial charge in [-0.25, -0.2) is 0 Å². The molecular weight excluding hydrogens is 268 g/mol. The summed E-state index contributed by atoms with van der Waals surface area (Å²) in [5.41, 5.74) is 0.422. The molecule has 0 atom stereocenters. The van der Waals surface area contributed by atoms with Crippen molar-refractivity contribution in [2.75, 3.05) is 0 Å². The zero-order valence-electron chi connectivity index (χ0n) is 7.45. The van der Waals surface area contributed by atoms with E-state index in [1.54, 1.807) is 18.2 Å². The van der Waals surface area contributed by atoms with Crippen LogP contribution in [0.25, 0.3) is 6.08 Å². The van der Waals surface area contributed by atoms with Crippen LogP contribution in [0.15, 0.2) is 28.7 Å². The monoisotopic (exact) mass is 273 g/mol. The van der Waals surface area contributed by atoms with Crippen molar-refractivity contribution >= 4 is 22.0 Å². The molecule has 0 bridgehead atoms. The second-order valence-electron chi connectivity index (χ2n) is 2.52. The maximum absolute atomic E-state index is 12.0. The second-order valence-corrected chi connectivity index (χ2v) is 3.44. The molecule has 0 saturated carbocycles. The van der Waals surface area contributed by atoms with Crippen LogP contribution in [0.3, 0.4) is 0 Å². The van der Waals surface area contributed by atoms with Crippen LogP contribution in [0, 0.1) is 11.3 Å². The number of rotatable bonds is 3. The van der Waals surface area contributed by atoms with Gasteiger partial charge in [-0.2, -0.15) is 14.0 Å². The number of hydrogen-bond donors (Lipinski definition) is 0. The Morgan fingerprint density at radius 2 is 2.20 bits per heavy atom. The zero-order chi connectivity index (χ0) is 11.3. The van der Waals surface area contributed by atoms with Crippen LogP contribution in [0.1, 0.15) is 5.56 Å². The molecule has 1 aromatic rings. The summed E-state index contributed by atoms with van der Waals surface area (Å²) in [6, 6.07) is 6.36. The lowest BCUT2D eigenvalue weighted by Crippen LogP contribution is -2.03. The summed E-state index contributed by atoms with van der Waals surface area (Å²) >= 11 is 3.19. The first-order valence-corrected chi connectivity index (χ1v) is 4.73. The fourth-order valence-electron chi connectivity index (χ4n) is 0.980. The Morgan fingerprint density at radius 1 is 1.47 bits per heavy atom. The van der Waals surface area contributed by atoms with Crippen LogP contribution < -0.4 is 4.74 Å². The number of nitriles is 1. The molecular formula is C10H6BrF2NO. The van der Waals surface area contributed by atoms with Crippen molar-refractivity contribution in [2.45, 2.75) is 6.61 Å². The van der Waals surface area contributed by atoms with E-state index in [2.05, 4.69) is 20.7 Å². The number of allylic oxidation sites excluding steroid dienone is 1. The molecule has 1 aromatic carbocycles. The third-order valence-electron chi connectivity index (χ3n) is 1.53. The van der Waals surface area contributed by atoms with E-state index < -0.39 is 6.61 Å². The first kappa shape index (κ1) is 11.7. The first-order chi connectivity index (χ1) is 7.13. The predicted molar refractivity (Wildman–Crippen MR) is 55.4 cm³/mol. The smallest absolute Gasteiger partial charge is 0.387 e. The van der Waals surface area contributed by atoms with Gasteiger partial charge in [-0.05, 0) is 24.3 Å². The van der Waals surface area contributed by atoms with Crippen LogP contribution in [0.4, 0.5) is 8.78 Å². The number of nitrogens with zero attached hydrogens (tertiary/aromatic N) is 1. The third-order valence-corrected chi connectivity index (χ3v) is 2.02. The lowest BCUT2D eigenvalue weighted by atomic mass is 10.2. The first-order valence-electron chi connectivity index (χ1n) is 3.94. The van der Waals surface area contributed by atoms with Crippen molar-refractivity contribution in [3.05, 3.63) is 34.3 Å². The molecule has 0 amide bonds. The maximum Gasteiger partial charge on any atom is 0.387 e. The number of ether oxygens (including phenoxy) is 1. The van der Waals surface area contributed by atoms with Crippen LogP contribution in [0.2, 0.25) is 0 Å². The molecule has 0 N–H and O–H groups in total. The van der Waals surface area contributed by atoms with Gasteiger partial charge in [0.2, 0.25) is 0 Å². The van der Waals surface area contributed by atoms with Crippen molar-refractivity contribution in [1.82, 2.24) is 0 Å². The highest BCUT2D eigenvalue weighted by Gasteiger charge is 2.07. The molecule has 0 radical (unpaired) electrons. The van der Waals surface area contributed by atoms with E-state index in [4.69, 9.17) is 5.26 Å². The zero-order valence-corrected chi connectivity index (χ0v) is 9.04. The minimum Gasteiger partial charge on any atom is -0.434 e. The van der Waals surface area contributed by atoms with Gasteiger partial charge in [0.05, 0.1) is 6.07 Å². The van der Waals surface area contributed by atoms with Crippen molar-refractivity contribution in [1.29, 1.82) is 5.26 Å². The van der Waals surface area contributed by atoms with Gasteiger partial charge in [0.15, 0.2) is 0 Å². The third kappa shape index (κ3) is 3.68. The predicted octanol–water partition coefficient (Wildman–Crippen LogP) is 3.59. The molecule has 0 saturated heterocycles. The lowest BCUT2D eigenvalue weighted by Gasteiger charge is -2.07. The Bertz CT molecular complexity index is 412. The van der Waals surface area contributed by atoms with Gasteiger partial charge >= 0.3 is 6.61 Å². The molecule has 15 heavy (non-hydrogen) atoms. The van der Waals surface area contributed by atoms with E-state index in [-0.39, 0.29) is 5.75 Å². The second kappa shape index (κ2) is 5.47. The fourth-order valence-corrected chi connectivity index (χ4v) is 1.36. The Balaban J connectivity index is 3.04. The molecule has 1 rings (SSSR count). The van der Waals surface area contributed by atoms with Crippen LogP contribution in [-0.4, -0.2) is 6.61 Å². The number of benzene rings is 1. The van der Waals surface area contributed by atoms with Gasteiger partial charge in [0.1, 0.15) is 5.75 Å². The van der Waals surface area contributed by atoms with Crippen molar-refractivity contribution in [2.24, 2.45) is 0 Å². The molecule has 0 aromatic heterocycles. The Morgan fingerprint density at radius 3 is 2.80 bits per heavy atom. The minimum absolute atomic E-state index is 0.0414. The molecule has 0 spiro atoms. The van der Waals surface area contributed by atoms with E-state index in [9.17, 15) is 8.78 Å². The summed E-state index contributed by atoms with van der Waals surface area (Å²) in [7, 11) is 0. The summed E-state index contributed by atoms with van der Waals surface area (Å²) < 4.78 is 29.0. The molecule has 78 valence electrons. The average Bonchev–Trinajstić information content (AvgIpc) is 2.18. The summed E-state index contributed by atoms with van der Waals surface area (Å²) in [5.74, 6) is 0.0414. The van der Waals surface area contributed by atoms with Crippen molar-refractivity contribution < 1.29 is 13.5 Å². The van der Waals surface area contributed by atoms with E-state index in [1.807, 2.05) is 0 Å². The Hall–Kier alpha value is -1.41. The number of hydrogen-bond acceptors (Lipinski definition) is 2. The fraction of sp³-hybridized carbons (Fsp3) is 0.100. The van der Waals surface area contributed by atoms with Gasteiger partial charge in [0, 0.05) is 16.1 Å². The molecule has 0 unspecified atom stereocenters. The normalized spacial score (nSPS) is 10.6. The Kier molecular flexibility index (Phi) is 4.25. The topological polar surface area (TPSA) is 33.0 Å². The Labute approximate surface area is 93.9 Å². The van der Waals surface area contributed by atoms with Gasteiger partial charge < -0.3 is 4.74 Å². The van der Waals surface area contributed by atoms with E-state index in [0.29, 0.717) is 5.56 Å². The molecule has 0 heterocycles. The lowest BCUT2D eigenvalue weighted by molar-refractivity contribution is -0.0499. The standard InChI is InChI=1S/C10H6BrF2NO/c11-8-3-4-9(15-10(12)13)7(6-8)2-1-5-14/h1-4,6,10H/b2-1+. The highest BCUT2D eigenvalue weighted by molar-refractivity contribution is 9.10. The quantitative estimate of drug-likeness (QED) is 0.789. The summed E-state index contributed by atoms with van der Waals surface area (Å²) in [6.45, 7) is -2.87. The minimum atomic E-state index is -2.87. The molecule has 0 fully saturated rings. The largest absolute Gasteiger partial charge is 0.434 e. The number of alkyl halides is 2. The van der Waals surface area contributed by atoms with Crippen molar-refractivity contribution in [3.8, 4) is 11.8 Å². The molecule has 0 aliphatic heterocycles. The average molecular weight is 274 g/mol. The van der Waals surface area contributed by atoms with Gasteiger partial charge in [-0.3, -0.25) is 0 Å². The highest BCUT2D eigenvalue weighted by Crippen LogP contribution is 2.25. The van der Waals surface area contributed by atoms with Gasteiger partial charge in [0.25, 0.3) is 0 Å². The highest BCUT2D eigenvalue weighted by atomic mass is 79.9. The van der Waals surface area contributed by atoms with E-state index in [0.717, 1.165) is 4.47 Å². The van der Waals surface area contributed by atoms with Crippen molar-refractivity contribution in [3.63, 3.8) is 0 Å². The van der Waals surface area contributed by atoms with Crippen LogP contribution in [0.5, 0.6) is 5.75 Å². The molecule has 0 aliphatic carbocycles. The SMILES string of the molecule is N#C/C=C/c1cc(Br)ccc1OC(F)F. The molecule has 2 nitrogen and oxygen atoms in total. The molecule has 0 aliphatic rings.